The van der Waals surface area contributed by atoms with Gasteiger partial charge in [0.1, 0.15) is 0 Å². The van der Waals surface area contributed by atoms with Gasteiger partial charge in [0.2, 0.25) is 0 Å². The van der Waals surface area contributed by atoms with Crippen molar-refractivity contribution in [3.8, 4) is 11.4 Å². The minimum absolute atomic E-state index is 0.183. The van der Waals surface area contributed by atoms with Crippen LogP contribution in [0.3, 0.4) is 0 Å². The Morgan fingerprint density at radius 2 is 1.66 bits per heavy atom. The van der Waals surface area contributed by atoms with Gasteiger partial charge in [-0.25, -0.2) is 9.48 Å². The van der Waals surface area contributed by atoms with Crippen molar-refractivity contribution in [2.75, 3.05) is 17.7 Å². The largest absolute Gasteiger partial charge is 0.493 e. The molecule has 0 radical (unpaired) electrons. The van der Waals surface area contributed by atoms with Gasteiger partial charge in [-0.15, -0.1) is 0 Å². The molecule has 3 N–H and O–H groups in total. The molecular formula is C21H21N5O3. The van der Waals surface area contributed by atoms with E-state index in [0.29, 0.717) is 23.2 Å². The highest BCUT2D eigenvalue weighted by molar-refractivity contribution is 6.04. The van der Waals surface area contributed by atoms with Crippen molar-refractivity contribution in [1.29, 1.82) is 0 Å². The van der Waals surface area contributed by atoms with E-state index in [1.807, 2.05) is 30.3 Å². The number of carbonyl (C=O) groups excluding carboxylic acids is 2. The van der Waals surface area contributed by atoms with Gasteiger partial charge in [-0.05, 0) is 49.2 Å². The maximum absolute atomic E-state index is 12.7. The molecule has 8 nitrogen and oxygen atoms in total. The summed E-state index contributed by atoms with van der Waals surface area (Å²) in [6, 6.07) is 16.4. The highest BCUT2D eigenvalue weighted by Gasteiger charge is 2.23. The highest BCUT2D eigenvalue weighted by Crippen LogP contribution is 2.22. The van der Waals surface area contributed by atoms with E-state index in [-0.39, 0.29) is 17.6 Å². The van der Waals surface area contributed by atoms with E-state index in [2.05, 4.69) is 21.0 Å². The highest BCUT2D eigenvalue weighted by atomic mass is 16.5. The molecule has 1 fully saturated rings. The van der Waals surface area contributed by atoms with Crippen LogP contribution in [0.25, 0.3) is 5.69 Å². The third-order valence-corrected chi connectivity index (χ3v) is 4.45. The van der Waals surface area contributed by atoms with E-state index in [1.165, 1.54) is 7.11 Å². The molecule has 1 saturated carbocycles. The summed E-state index contributed by atoms with van der Waals surface area (Å²) >= 11 is 0. The Balaban J connectivity index is 1.43. The molecule has 29 heavy (non-hydrogen) atoms. The van der Waals surface area contributed by atoms with Crippen LogP contribution >= 0.6 is 0 Å². The Morgan fingerprint density at radius 1 is 1.00 bits per heavy atom. The first-order valence-corrected chi connectivity index (χ1v) is 9.30. The summed E-state index contributed by atoms with van der Waals surface area (Å²) < 4.78 is 6.90. The Hall–Kier alpha value is -3.81. The number of hydrogen-bond acceptors (Lipinski definition) is 4. The number of carbonyl (C=O) groups is 2. The number of hydrogen-bond donors (Lipinski definition) is 3. The molecule has 4 rings (SSSR count). The maximum Gasteiger partial charge on any atom is 0.319 e. The molecule has 2 aromatic carbocycles. The van der Waals surface area contributed by atoms with E-state index >= 15 is 0 Å². The molecule has 0 saturated heterocycles. The molecule has 1 aliphatic carbocycles. The number of para-hydroxylation sites is 1. The second-order valence-electron chi connectivity index (χ2n) is 6.73. The predicted molar refractivity (Wildman–Crippen MR) is 110 cm³/mol. The number of benzene rings is 2. The number of nitrogens with zero attached hydrogens (tertiary/aromatic N) is 2. The lowest BCUT2D eigenvalue weighted by Crippen LogP contribution is -2.30. The van der Waals surface area contributed by atoms with Crippen LogP contribution in [0.4, 0.5) is 16.2 Å². The molecule has 0 unspecified atom stereocenters. The third kappa shape index (κ3) is 4.55. The fraction of sp³-hybridized carbons (Fsp3) is 0.190. The van der Waals surface area contributed by atoms with Gasteiger partial charge < -0.3 is 20.7 Å². The van der Waals surface area contributed by atoms with Crippen LogP contribution < -0.4 is 20.7 Å². The molecule has 8 heteroatoms. The molecule has 0 bridgehead atoms. The van der Waals surface area contributed by atoms with Gasteiger partial charge in [0.25, 0.3) is 5.91 Å². The number of anilines is 2. The van der Waals surface area contributed by atoms with Gasteiger partial charge >= 0.3 is 6.03 Å². The quantitative estimate of drug-likeness (QED) is 0.600. The molecule has 3 aromatic rings. The summed E-state index contributed by atoms with van der Waals surface area (Å²) in [4.78, 5) is 24.5. The SMILES string of the molecule is COc1cn(-c2ccccc2)nc1C(=O)Nc1ccc(NC(=O)NC2CC2)cc1. The fourth-order valence-corrected chi connectivity index (χ4v) is 2.79. The zero-order valence-corrected chi connectivity index (χ0v) is 15.9. The Kier molecular flexibility index (Phi) is 5.15. The zero-order chi connectivity index (χ0) is 20.2. The zero-order valence-electron chi connectivity index (χ0n) is 15.9. The second kappa shape index (κ2) is 8.05. The minimum atomic E-state index is -0.385. The second-order valence-corrected chi connectivity index (χ2v) is 6.73. The van der Waals surface area contributed by atoms with Crippen molar-refractivity contribution in [2.45, 2.75) is 18.9 Å². The number of nitrogens with one attached hydrogen (secondary N) is 3. The summed E-state index contributed by atoms with van der Waals surface area (Å²) in [5, 5.41) is 12.8. The van der Waals surface area contributed by atoms with Crippen LogP contribution in [0.15, 0.2) is 60.8 Å². The van der Waals surface area contributed by atoms with Gasteiger partial charge in [0, 0.05) is 17.4 Å². The Bertz CT molecular complexity index is 1010. The molecule has 3 amide bonds. The lowest BCUT2D eigenvalue weighted by atomic mass is 10.2. The molecule has 0 atom stereocenters. The van der Waals surface area contributed by atoms with Crippen LogP contribution in [0.5, 0.6) is 5.75 Å². The van der Waals surface area contributed by atoms with Crippen molar-refractivity contribution in [3.63, 3.8) is 0 Å². The Morgan fingerprint density at radius 3 is 2.28 bits per heavy atom. The van der Waals surface area contributed by atoms with E-state index in [9.17, 15) is 9.59 Å². The van der Waals surface area contributed by atoms with Crippen LogP contribution in [0.1, 0.15) is 23.3 Å². The average molecular weight is 391 g/mol. The summed E-state index contributed by atoms with van der Waals surface area (Å²) in [7, 11) is 1.50. The standard InChI is InChI=1S/C21H21N5O3/c1-29-18-13-26(17-5-3-2-4-6-17)25-19(18)20(27)22-14-7-9-15(10-8-14)23-21(28)24-16-11-12-16/h2-10,13,16H,11-12H2,1H3,(H,22,27)(H2,23,24,28). The molecule has 0 spiro atoms. The minimum Gasteiger partial charge on any atom is -0.493 e. The molecule has 1 aromatic heterocycles. The topological polar surface area (TPSA) is 97.3 Å². The Labute approximate surface area is 167 Å². The lowest BCUT2D eigenvalue weighted by Gasteiger charge is -2.08. The summed E-state index contributed by atoms with van der Waals surface area (Å²) in [6.07, 6.45) is 3.72. The molecule has 1 aliphatic rings. The van der Waals surface area contributed by atoms with Crippen molar-refractivity contribution >= 4 is 23.3 Å². The van der Waals surface area contributed by atoms with Crippen molar-refractivity contribution in [2.24, 2.45) is 0 Å². The van der Waals surface area contributed by atoms with Crippen molar-refractivity contribution in [1.82, 2.24) is 15.1 Å². The van der Waals surface area contributed by atoms with Crippen molar-refractivity contribution < 1.29 is 14.3 Å². The number of urea groups is 1. The van der Waals surface area contributed by atoms with Gasteiger partial charge in [0.15, 0.2) is 11.4 Å². The summed E-state index contributed by atoms with van der Waals surface area (Å²) in [5.74, 6) is -0.00916. The molecule has 0 aliphatic heterocycles. The lowest BCUT2D eigenvalue weighted by molar-refractivity contribution is 0.101. The van der Waals surface area contributed by atoms with Crippen LogP contribution in [0.2, 0.25) is 0 Å². The predicted octanol–water partition coefficient (Wildman–Crippen LogP) is 3.42. The van der Waals surface area contributed by atoms with E-state index < -0.39 is 0 Å². The average Bonchev–Trinajstić information content (AvgIpc) is 3.43. The molecule has 148 valence electrons. The summed E-state index contributed by atoms with van der Waals surface area (Å²) in [5.41, 5.74) is 2.23. The van der Waals surface area contributed by atoms with Crippen LogP contribution in [0, 0.1) is 0 Å². The maximum atomic E-state index is 12.7. The first-order valence-electron chi connectivity index (χ1n) is 9.30. The van der Waals surface area contributed by atoms with E-state index in [0.717, 1.165) is 18.5 Å². The van der Waals surface area contributed by atoms with Gasteiger partial charge in [-0.3, -0.25) is 4.79 Å². The smallest absolute Gasteiger partial charge is 0.319 e. The van der Waals surface area contributed by atoms with E-state index in [1.54, 1.807) is 35.1 Å². The van der Waals surface area contributed by atoms with Gasteiger partial charge in [-0.2, -0.15) is 5.10 Å². The number of methoxy groups -OCH3 is 1. The third-order valence-electron chi connectivity index (χ3n) is 4.45. The van der Waals surface area contributed by atoms with Crippen molar-refractivity contribution in [3.05, 3.63) is 66.5 Å². The van der Waals surface area contributed by atoms with Gasteiger partial charge in [-0.1, -0.05) is 18.2 Å². The van der Waals surface area contributed by atoms with E-state index in [4.69, 9.17) is 4.74 Å². The molecular weight excluding hydrogens is 370 g/mol. The molecule has 1 heterocycles. The first kappa shape index (κ1) is 18.5. The van der Waals surface area contributed by atoms with Crippen LogP contribution in [-0.2, 0) is 0 Å². The summed E-state index contributed by atoms with van der Waals surface area (Å²) in [6.45, 7) is 0. The monoisotopic (exact) mass is 391 g/mol. The number of amides is 3. The van der Waals surface area contributed by atoms with Gasteiger partial charge in [0.05, 0.1) is 19.0 Å². The first-order chi connectivity index (χ1) is 14.1. The number of rotatable bonds is 6. The fourth-order valence-electron chi connectivity index (χ4n) is 2.79. The number of ether oxygens (including phenoxy) is 1. The van der Waals surface area contributed by atoms with Crippen LogP contribution in [-0.4, -0.2) is 34.9 Å². The normalized spacial score (nSPS) is 12.9. The number of aromatic nitrogens is 2.